The maximum atomic E-state index is 5.79. The van der Waals surface area contributed by atoms with Gasteiger partial charge in [0.2, 0.25) is 0 Å². The molecule has 0 spiro atoms. The fourth-order valence-corrected chi connectivity index (χ4v) is 2.97. The molecule has 0 aliphatic carbocycles. The number of rotatable bonds is 2. The van der Waals surface area contributed by atoms with Crippen molar-refractivity contribution < 1.29 is 0 Å². The van der Waals surface area contributed by atoms with E-state index in [1.54, 1.807) is 11.3 Å². The number of thiophene rings is 1. The monoisotopic (exact) mass is 239 g/mol. The molecule has 1 heterocycles. The summed E-state index contributed by atoms with van der Waals surface area (Å²) < 4.78 is 0. The van der Waals surface area contributed by atoms with Gasteiger partial charge in [-0.15, -0.1) is 11.3 Å². The highest BCUT2D eigenvalue weighted by atomic mass is 32.1. The summed E-state index contributed by atoms with van der Waals surface area (Å²) in [5.74, 6) is 0. The smallest absolute Gasteiger partial charge is 0.0280 e. The summed E-state index contributed by atoms with van der Waals surface area (Å²) in [7, 11) is 0. The molecular weight excluding hydrogens is 226 g/mol. The van der Waals surface area contributed by atoms with E-state index in [9.17, 15) is 0 Å². The molecule has 2 heteroatoms. The van der Waals surface area contributed by atoms with Crippen molar-refractivity contribution in [3.8, 4) is 11.1 Å². The zero-order valence-corrected chi connectivity index (χ0v) is 10.2. The molecule has 1 aromatic heterocycles. The van der Waals surface area contributed by atoms with Crippen LogP contribution in [0.5, 0.6) is 0 Å². The van der Waals surface area contributed by atoms with Crippen molar-refractivity contribution in [2.45, 2.75) is 6.54 Å². The van der Waals surface area contributed by atoms with Crippen LogP contribution in [0.4, 0.5) is 0 Å². The summed E-state index contributed by atoms with van der Waals surface area (Å²) in [6.45, 7) is 0.607. The standard InChI is InChI=1S/C15H13NS/c16-10-15-14(8-9-17-15)13-7-3-5-11-4-1-2-6-12(11)13/h1-9H,10,16H2. The zero-order chi connectivity index (χ0) is 11.7. The summed E-state index contributed by atoms with van der Waals surface area (Å²) in [4.78, 5) is 1.25. The van der Waals surface area contributed by atoms with E-state index in [0.717, 1.165) is 0 Å². The van der Waals surface area contributed by atoms with Crippen LogP contribution in [-0.4, -0.2) is 0 Å². The highest BCUT2D eigenvalue weighted by Crippen LogP contribution is 2.33. The molecule has 2 aromatic carbocycles. The normalized spacial score (nSPS) is 10.9. The summed E-state index contributed by atoms with van der Waals surface area (Å²) in [5, 5.41) is 4.68. The van der Waals surface area contributed by atoms with E-state index in [-0.39, 0.29) is 0 Å². The van der Waals surface area contributed by atoms with Gasteiger partial charge in [0, 0.05) is 11.4 Å². The molecule has 0 aliphatic rings. The quantitative estimate of drug-likeness (QED) is 0.718. The van der Waals surface area contributed by atoms with E-state index < -0.39 is 0 Å². The molecule has 0 saturated heterocycles. The first kappa shape index (κ1) is 10.5. The minimum absolute atomic E-state index is 0.607. The molecule has 0 bridgehead atoms. The molecule has 0 unspecified atom stereocenters. The van der Waals surface area contributed by atoms with Crippen LogP contribution in [-0.2, 0) is 6.54 Å². The Morgan fingerprint density at radius 3 is 2.59 bits per heavy atom. The minimum atomic E-state index is 0.607. The highest BCUT2D eigenvalue weighted by Gasteiger charge is 2.08. The van der Waals surface area contributed by atoms with Gasteiger partial charge >= 0.3 is 0 Å². The van der Waals surface area contributed by atoms with Gasteiger partial charge in [-0.2, -0.15) is 0 Å². The molecule has 84 valence electrons. The lowest BCUT2D eigenvalue weighted by molar-refractivity contribution is 1.11. The van der Waals surface area contributed by atoms with Crippen LogP contribution < -0.4 is 5.73 Å². The molecule has 0 aliphatic heterocycles. The van der Waals surface area contributed by atoms with E-state index in [1.807, 2.05) is 0 Å². The minimum Gasteiger partial charge on any atom is -0.326 e. The van der Waals surface area contributed by atoms with Crippen molar-refractivity contribution >= 4 is 22.1 Å². The average Bonchev–Trinajstić information content (AvgIpc) is 2.86. The molecule has 1 nitrogen and oxygen atoms in total. The molecule has 3 aromatic rings. The van der Waals surface area contributed by atoms with Gasteiger partial charge in [-0.05, 0) is 33.3 Å². The second-order valence-electron chi connectivity index (χ2n) is 3.99. The molecule has 0 fully saturated rings. The molecule has 0 atom stereocenters. The van der Waals surface area contributed by atoms with Crippen LogP contribution in [0.2, 0.25) is 0 Å². The molecule has 0 amide bonds. The van der Waals surface area contributed by atoms with Gasteiger partial charge in [-0.1, -0.05) is 42.5 Å². The molecule has 17 heavy (non-hydrogen) atoms. The van der Waals surface area contributed by atoms with Crippen LogP contribution in [0, 0.1) is 0 Å². The first-order valence-corrected chi connectivity index (χ1v) is 6.52. The zero-order valence-electron chi connectivity index (χ0n) is 9.39. The van der Waals surface area contributed by atoms with Gasteiger partial charge in [0.05, 0.1) is 0 Å². The number of fused-ring (bicyclic) bond motifs is 1. The van der Waals surface area contributed by atoms with Crippen molar-refractivity contribution in [1.29, 1.82) is 0 Å². The summed E-state index contributed by atoms with van der Waals surface area (Å²) in [6, 6.07) is 17.1. The van der Waals surface area contributed by atoms with Crippen molar-refractivity contribution in [2.75, 3.05) is 0 Å². The fourth-order valence-electron chi connectivity index (χ4n) is 2.20. The number of hydrogen-bond acceptors (Lipinski definition) is 2. The molecular formula is C15H13NS. The predicted molar refractivity (Wildman–Crippen MR) is 75.2 cm³/mol. The average molecular weight is 239 g/mol. The van der Waals surface area contributed by atoms with Crippen LogP contribution in [0.3, 0.4) is 0 Å². The van der Waals surface area contributed by atoms with Crippen molar-refractivity contribution in [1.82, 2.24) is 0 Å². The first-order valence-electron chi connectivity index (χ1n) is 5.65. The van der Waals surface area contributed by atoms with Gasteiger partial charge in [-0.25, -0.2) is 0 Å². The third kappa shape index (κ3) is 1.75. The third-order valence-electron chi connectivity index (χ3n) is 3.01. The van der Waals surface area contributed by atoms with E-state index in [2.05, 4.69) is 53.9 Å². The number of hydrogen-bond donors (Lipinski definition) is 1. The van der Waals surface area contributed by atoms with Gasteiger partial charge < -0.3 is 5.73 Å². The second kappa shape index (κ2) is 4.32. The maximum absolute atomic E-state index is 5.79. The van der Waals surface area contributed by atoms with E-state index in [4.69, 9.17) is 5.73 Å². The Morgan fingerprint density at radius 1 is 0.882 bits per heavy atom. The lowest BCUT2D eigenvalue weighted by atomic mass is 9.99. The summed E-state index contributed by atoms with van der Waals surface area (Å²) in [6.07, 6.45) is 0. The van der Waals surface area contributed by atoms with E-state index >= 15 is 0 Å². The Kier molecular flexibility index (Phi) is 2.67. The molecule has 0 radical (unpaired) electrons. The van der Waals surface area contributed by atoms with Crippen LogP contribution in [0.25, 0.3) is 21.9 Å². The van der Waals surface area contributed by atoms with Crippen molar-refractivity contribution in [2.24, 2.45) is 5.73 Å². The van der Waals surface area contributed by atoms with Gasteiger partial charge in [0.25, 0.3) is 0 Å². The SMILES string of the molecule is NCc1sccc1-c1cccc2ccccc12. The molecule has 3 rings (SSSR count). The molecule has 2 N–H and O–H groups in total. The van der Waals surface area contributed by atoms with E-state index in [0.29, 0.717) is 6.54 Å². The topological polar surface area (TPSA) is 26.0 Å². The Morgan fingerprint density at radius 2 is 1.71 bits per heavy atom. The third-order valence-corrected chi connectivity index (χ3v) is 3.95. The second-order valence-corrected chi connectivity index (χ2v) is 4.99. The number of nitrogens with two attached hydrogens (primary N) is 1. The Labute approximate surface area is 105 Å². The lowest BCUT2D eigenvalue weighted by Gasteiger charge is -2.06. The summed E-state index contributed by atoms with van der Waals surface area (Å²) in [5.41, 5.74) is 8.34. The predicted octanol–water partition coefficient (Wildman–Crippen LogP) is 4.03. The maximum Gasteiger partial charge on any atom is 0.0280 e. The Bertz CT molecular complexity index is 649. The first-order chi connectivity index (χ1) is 8.40. The molecule has 0 saturated carbocycles. The van der Waals surface area contributed by atoms with Crippen LogP contribution in [0.1, 0.15) is 4.88 Å². The van der Waals surface area contributed by atoms with Crippen molar-refractivity contribution in [3.05, 3.63) is 58.8 Å². The van der Waals surface area contributed by atoms with Gasteiger partial charge in [-0.3, -0.25) is 0 Å². The largest absolute Gasteiger partial charge is 0.326 e. The Balaban J connectivity index is 2.31. The fraction of sp³-hybridized carbons (Fsp3) is 0.0667. The van der Waals surface area contributed by atoms with Gasteiger partial charge in [0.15, 0.2) is 0 Å². The highest BCUT2D eigenvalue weighted by molar-refractivity contribution is 7.10. The van der Waals surface area contributed by atoms with Crippen LogP contribution >= 0.6 is 11.3 Å². The van der Waals surface area contributed by atoms with Crippen LogP contribution in [0.15, 0.2) is 53.9 Å². The summed E-state index contributed by atoms with van der Waals surface area (Å²) >= 11 is 1.73. The van der Waals surface area contributed by atoms with Crippen molar-refractivity contribution in [3.63, 3.8) is 0 Å². The number of benzene rings is 2. The van der Waals surface area contributed by atoms with Gasteiger partial charge in [0.1, 0.15) is 0 Å². The Hall–Kier alpha value is -1.64. The van der Waals surface area contributed by atoms with E-state index in [1.165, 1.54) is 26.8 Å². The lowest BCUT2D eigenvalue weighted by Crippen LogP contribution is -1.94.